The molecule has 0 bridgehead atoms. The van der Waals surface area contributed by atoms with E-state index in [2.05, 4.69) is 18.6 Å². The standard InChI is InChI=1S/C19H24ClNO4S/c1-13(2)11-18(14-5-7-15(24-3)8-6-14)21-26(22,23)16-9-10-19(25-4)17(20)12-16/h5-10,12-13,18,21H,11H2,1-4H3/t18-/m0/s1. The lowest BCUT2D eigenvalue weighted by Crippen LogP contribution is -2.29. The lowest BCUT2D eigenvalue weighted by Gasteiger charge is -2.21. The number of ether oxygens (including phenoxy) is 2. The molecule has 1 atom stereocenters. The Morgan fingerprint density at radius 1 is 1.04 bits per heavy atom. The highest BCUT2D eigenvalue weighted by molar-refractivity contribution is 7.89. The molecule has 2 aromatic rings. The molecule has 7 heteroatoms. The summed E-state index contributed by atoms with van der Waals surface area (Å²) in [5.41, 5.74) is 0.877. The Bertz CT molecular complexity index is 835. The number of benzene rings is 2. The van der Waals surface area contributed by atoms with Crippen LogP contribution in [-0.2, 0) is 10.0 Å². The van der Waals surface area contributed by atoms with Crippen LogP contribution in [0.1, 0.15) is 31.9 Å². The van der Waals surface area contributed by atoms with Gasteiger partial charge in [-0.05, 0) is 48.2 Å². The smallest absolute Gasteiger partial charge is 0.241 e. The number of methoxy groups -OCH3 is 2. The number of hydrogen-bond acceptors (Lipinski definition) is 4. The molecule has 0 saturated carbocycles. The molecule has 0 aliphatic heterocycles. The molecule has 0 aromatic heterocycles. The van der Waals surface area contributed by atoms with Crippen LogP contribution < -0.4 is 14.2 Å². The van der Waals surface area contributed by atoms with E-state index in [9.17, 15) is 8.42 Å². The van der Waals surface area contributed by atoms with E-state index in [-0.39, 0.29) is 16.0 Å². The Morgan fingerprint density at radius 2 is 1.69 bits per heavy atom. The highest BCUT2D eigenvalue weighted by Crippen LogP contribution is 2.29. The number of hydrogen-bond donors (Lipinski definition) is 1. The molecular formula is C19H24ClNO4S. The summed E-state index contributed by atoms with van der Waals surface area (Å²) in [6.07, 6.45) is 0.662. The third-order valence-corrected chi connectivity index (χ3v) is 5.72. The summed E-state index contributed by atoms with van der Waals surface area (Å²) in [5.74, 6) is 1.46. The van der Waals surface area contributed by atoms with Gasteiger partial charge in [0.1, 0.15) is 11.5 Å². The summed E-state index contributed by atoms with van der Waals surface area (Å²) in [7, 11) is -0.662. The van der Waals surface area contributed by atoms with Crippen molar-refractivity contribution in [2.75, 3.05) is 14.2 Å². The average Bonchev–Trinajstić information content (AvgIpc) is 2.60. The lowest BCUT2D eigenvalue weighted by atomic mass is 9.98. The summed E-state index contributed by atoms with van der Waals surface area (Å²) in [5, 5.41) is 0.250. The van der Waals surface area contributed by atoms with Gasteiger partial charge in [0.25, 0.3) is 0 Å². The molecule has 0 aliphatic carbocycles. The maximum atomic E-state index is 12.8. The summed E-state index contributed by atoms with van der Waals surface area (Å²) in [4.78, 5) is 0.102. The third-order valence-electron chi connectivity index (χ3n) is 3.96. The van der Waals surface area contributed by atoms with Gasteiger partial charge < -0.3 is 9.47 Å². The number of halogens is 1. The van der Waals surface area contributed by atoms with Crippen LogP contribution in [0.4, 0.5) is 0 Å². The largest absolute Gasteiger partial charge is 0.497 e. The third kappa shape index (κ3) is 5.13. The molecule has 0 fully saturated rings. The summed E-state index contributed by atoms with van der Waals surface area (Å²) < 4.78 is 38.7. The molecule has 5 nitrogen and oxygen atoms in total. The minimum atomic E-state index is -3.74. The van der Waals surface area contributed by atoms with Crippen molar-refractivity contribution in [3.63, 3.8) is 0 Å². The summed E-state index contributed by atoms with van der Waals surface area (Å²) >= 11 is 6.08. The molecule has 0 heterocycles. The minimum Gasteiger partial charge on any atom is -0.497 e. The van der Waals surface area contributed by atoms with Gasteiger partial charge >= 0.3 is 0 Å². The molecule has 2 rings (SSSR count). The van der Waals surface area contributed by atoms with Gasteiger partial charge in [0, 0.05) is 6.04 Å². The van der Waals surface area contributed by atoms with E-state index in [0.717, 1.165) is 11.3 Å². The minimum absolute atomic E-state index is 0.102. The van der Waals surface area contributed by atoms with Gasteiger partial charge in [-0.1, -0.05) is 37.6 Å². The Morgan fingerprint density at radius 3 is 2.19 bits per heavy atom. The zero-order valence-corrected chi connectivity index (χ0v) is 16.9. The van der Waals surface area contributed by atoms with E-state index < -0.39 is 10.0 Å². The predicted octanol–water partition coefficient (Wildman–Crippen LogP) is 4.42. The number of nitrogens with one attached hydrogen (secondary N) is 1. The van der Waals surface area contributed by atoms with Crippen LogP contribution in [0.2, 0.25) is 5.02 Å². The molecular weight excluding hydrogens is 374 g/mol. The Kier molecular flexibility index (Phi) is 6.92. The zero-order chi connectivity index (χ0) is 19.3. The van der Waals surface area contributed by atoms with Crippen LogP contribution >= 0.6 is 11.6 Å². The van der Waals surface area contributed by atoms with E-state index in [1.54, 1.807) is 13.2 Å². The SMILES string of the molecule is COc1ccc([C@H](CC(C)C)NS(=O)(=O)c2ccc(OC)c(Cl)c2)cc1. The maximum Gasteiger partial charge on any atom is 0.241 e. The summed E-state index contributed by atoms with van der Waals surface area (Å²) in [6.45, 7) is 4.10. The quantitative estimate of drug-likeness (QED) is 0.715. The van der Waals surface area contributed by atoms with Crippen LogP contribution in [0.3, 0.4) is 0 Å². The fraction of sp³-hybridized carbons (Fsp3) is 0.368. The van der Waals surface area contributed by atoms with E-state index in [1.165, 1.54) is 19.2 Å². The highest BCUT2D eigenvalue weighted by Gasteiger charge is 2.23. The topological polar surface area (TPSA) is 64.6 Å². The first-order chi connectivity index (χ1) is 12.3. The maximum absolute atomic E-state index is 12.8. The van der Waals surface area contributed by atoms with Crippen LogP contribution in [0.5, 0.6) is 11.5 Å². The molecule has 26 heavy (non-hydrogen) atoms. The van der Waals surface area contributed by atoms with Crippen molar-refractivity contribution in [1.82, 2.24) is 4.72 Å². The van der Waals surface area contributed by atoms with Crippen molar-refractivity contribution in [2.45, 2.75) is 31.2 Å². The number of sulfonamides is 1. The molecule has 0 aliphatic rings. The van der Waals surface area contributed by atoms with Gasteiger partial charge in [0.15, 0.2) is 0 Å². The van der Waals surface area contributed by atoms with E-state index in [1.807, 2.05) is 24.3 Å². The van der Waals surface area contributed by atoms with E-state index in [4.69, 9.17) is 21.1 Å². The number of rotatable bonds is 8. The monoisotopic (exact) mass is 397 g/mol. The normalized spacial score (nSPS) is 12.8. The molecule has 0 spiro atoms. The Labute approximate surface area is 160 Å². The van der Waals surface area contributed by atoms with Gasteiger partial charge in [-0.15, -0.1) is 0 Å². The second-order valence-corrected chi connectivity index (χ2v) is 8.49. The van der Waals surface area contributed by atoms with Gasteiger partial charge in [0.2, 0.25) is 10.0 Å². The Hall–Kier alpha value is -1.76. The van der Waals surface area contributed by atoms with Crippen molar-refractivity contribution in [2.24, 2.45) is 5.92 Å². The van der Waals surface area contributed by atoms with Crippen molar-refractivity contribution < 1.29 is 17.9 Å². The zero-order valence-electron chi connectivity index (χ0n) is 15.3. The van der Waals surface area contributed by atoms with Crippen molar-refractivity contribution in [3.05, 3.63) is 53.1 Å². The van der Waals surface area contributed by atoms with E-state index in [0.29, 0.717) is 18.1 Å². The molecule has 1 N–H and O–H groups in total. The predicted molar refractivity (Wildman–Crippen MR) is 104 cm³/mol. The first-order valence-corrected chi connectivity index (χ1v) is 10.1. The van der Waals surface area contributed by atoms with Gasteiger partial charge in [-0.25, -0.2) is 13.1 Å². The van der Waals surface area contributed by atoms with Crippen LogP contribution in [0.15, 0.2) is 47.4 Å². The average molecular weight is 398 g/mol. The lowest BCUT2D eigenvalue weighted by molar-refractivity contribution is 0.414. The fourth-order valence-corrected chi connectivity index (χ4v) is 4.21. The van der Waals surface area contributed by atoms with Crippen molar-refractivity contribution in [3.8, 4) is 11.5 Å². The molecule has 0 amide bonds. The van der Waals surface area contributed by atoms with Crippen LogP contribution in [-0.4, -0.2) is 22.6 Å². The molecule has 2 aromatic carbocycles. The first-order valence-electron chi connectivity index (χ1n) is 8.26. The Balaban J connectivity index is 2.32. The van der Waals surface area contributed by atoms with Gasteiger partial charge in [-0.3, -0.25) is 0 Å². The second-order valence-electron chi connectivity index (χ2n) is 6.37. The molecule has 0 unspecified atom stereocenters. The molecule has 0 saturated heterocycles. The second kappa shape index (κ2) is 8.75. The van der Waals surface area contributed by atoms with Gasteiger partial charge in [0.05, 0.1) is 24.1 Å². The van der Waals surface area contributed by atoms with Gasteiger partial charge in [-0.2, -0.15) is 0 Å². The molecule has 0 radical (unpaired) electrons. The van der Waals surface area contributed by atoms with Crippen LogP contribution in [0.25, 0.3) is 0 Å². The fourth-order valence-electron chi connectivity index (χ4n) is 2.63. The van der Waals surface area contributed by atoms with E-state index >= 15 is 0 Å². The highest BCUT2D eigenvalue weighted by atomic mass is 35.5. The first kappa shape index (κ1) is 20.6. The molecule has 142 valence electrons. The van der Waals surface area contributed by atoms with Crippen LogP contribution in [0, 0.1) is 5.92 Å². The van der Waals surface area contributed by atoms with Crippen molar-refractivity contribution >= 4 is 21.6 Å². The summed E-state index contributed by atoms with van der Waals surface area (Å²) in [6, 6.07) is 11.4. The van der Waals surface area contributed by atoms with Crippen molar-refractivity contribution in [1.29, 1.82) is 0 Å².